The van der Waals surface area contributed by atoms with E-state index in [1.807, 2.05) is 38.3 Å². The van der Waals surface area contributed by atoms with Crippen LogP contribution in [0.4, 0.5) is 4.79 Å². The number of hydrogen-bond donors (Lipinski definition) is 1. The molecule has 2 aromatic rings. The highest BCUT2D eigenvalue weighted by atomic mass is 32.1. The molecular weight excluding hydrogens is 402 g/mol. The van der Waals surface area contributed by atoms with Gasteiger partial charge in [-0.1, -0.05) is 0 Å². The maximum Gasteiger partial charge on any atom is 0.325 e. The zero-order valence-corrected chi connectivity index (χ0v) is 18.6. The average Bonchev–Trinajstić information content (AvgIpc) is 3.35. The fraction of sp³-hybridized carbons (Fsp3) is 0.500. The quantitative estimate of drug-likeness (QED) is 0.564. The molecule has 1 fully saturated rings. The fourth-order valence-corrected chi connectivity index (χ4v) is 5.97. The van der Waals surface area contributed by atoms with Crippen molar-refractivity contribution >= 4 is 29.1 Å². The van der Waals surface area contributed by atoms with Crippen molar-refractivity contribution in [3.63, 3.8) is 0 Å². The number of ketones is 1. The SMILES string of the molecule is COCC(C)n1c(C)cc(C(=O)CN2C(=O)NC3(CCCc4sccc43)C2=O)c1C. The minimum absolute atomic E-state index is 0.0794. The van der Waals surface area contributed by atoms with E-state index in [9.17, 15) is 14.4 Å². The maximum absolute atomic E-state index is 13.3. The number of methoxy groups -OCH3 is 1. The highest BCUT2D eigenvalue weighted by Crippen LogP contribution is 2.42. The Kier molecular flexibility index (Phi) is 5.32. The minimum Gasteiger partial charge on any atom is -0.383 e. The molecule has 0 saturated carbocycles. The third kappa shape index (κ3) is 3.09. The van der Waals surface area contributed by atoms with Gasteiger partial charge in [-0.3, -0.25) is 14.5 Å². The number of carbonyl (C=O) groups excluding carboxylic acids is 3. The molecule has 0 aromatic carbocycles. The summed E-state index contributed by atoms with van der Waals surface area (Å²) in [5.74, 6) is -0.553. The molecule has 8 heteroatoms. The molecule has 1 spiro atoms. The van der Waals surface area contributed by atoms with Gasteiger partial charge in [-0.25, -0.2) is 4.79 Å². The van der Waals surface area contributed by atoms with Crippen LogP contribution < -0.4 is 5.32 Å². The summed E-state index contributed by atoms with van der Waals surface area (Å²) < 4.78 is 7.31. The van der Waals surface area contributed by atoms with E-state index in [0.717, 1.165) is 39.6 Å². The lowest BCUT2D eigenvalue weighted by atomic mass is 9.80. The van der Waals surface area contributed by atoms with E-state index < -0.39 is 11.6 Å². The lowest BCUT2D eigenvalue weighted by Crippen LogP contribution is -2.46. The molecule has 30 heavy (non-hydrogen) atoms. The molecule has 1 aliphatic carbocycles. The number of nitrogens with one attached hydrogen (secondary N) is 1. The molecule has 3 amide bonds. The smallest absolute Gasteiger partial charge is 0.325 e. The first-order chi connectivity index (χ1) is 14.3. The van der Waals surface area contributed by atoms with E-state index in [2.05, 4.69) is 9.88 Å². The number of fused-ring (bicyclic) bond motifs is 2. The number of thiophene rings is 1. The van der Waals surface area contributed by atoms with Crippen molar-refractivity contribution in [2.24, 2.45) is 0 Å². The Labute approximate surface area is 180 Å². The summed E-state index contributed by atoms with van der Waals surface area (Å²) in [7, 11) is 1.65. The van der Waals surface area contributed by atoms with Crippen LogP contribution >= 0.6 is 11.3 Å². The maximum atomic E-state index is 13.3. The number of aryl methyl sites for hydroxylation is 2. The van der Waals surface area contributed by atoms with Gasteiger partial charge in [0.2, 0.25) is 0 Å². The summed E-state index contributed by atoms with van der Waals surface area (Å²) in [5, 5.41) is 4.86. The number of rotatable bonds is 6. The Balaban J connectivity index is 1.59. The molecule has 160 valence electrons. The zero-order chi connectivity index (χ0) is 21.6. The second-order valence-corrected chi connectivity index (χ2v) is 9.22. The van der Waals surface area contributed by atoms with Crippen LogP contribution in [-0.2, 0) is 21.5 Å². The highest BCUT2D eigenvalue weighted by Gasteiger charge is 2.54. The molecule has 2 aliphatic rings. The largest absolute Gasteiger partial charge is 0.383 e. The first-order valence-electron chi connectivity index (χ1n) is 10.2. The third-order valence-corrected chi connectivity index (χ3v) is 7.25. The molecule has 2 aromatic heterocycles. The van der Waals surface area contributed by atoms with E-state index in [1.165, 1.54) is 0 Å². The Morgan fingerprint density at radius 1 is 1.37 bits per heavy atom. The lowest BCUT2D eigenvalue weighted by molar-refractivity contribution is -0.131. The molecule has 1 aliphatic heterocycles. The van der Waals surface area contributed by atoms with Gasteiger partial charge in [-0.15, -0.1) is 11.3 Å². The minimum atomic E-state index is -1.02. The van der Waals surface area contributed by atoms with Gasteiger partial charge in [0.1, 0.15) is 5.54 Å². The standard InChI is InChI=1S/C22H27N3O4S/c1-13-10-16(15(3)25(13)14(2)12-29-4)18(26)11-24-20(27)22(23-21(24)28)8-5-6-19-17(22)7-9-30-19/h7,9-10,14H,5-6,8,11-12H2,1-4H3,(H,23,28). The summed E-state index contributed by atoms with van der Waals surface area (Å²) in [6, 6.07) is 3.34. The predicted octanol–water partition coefficient (Wildman–Crippen LogP) is 3.34. The topological polar surface area (TPSA) is 80.6 Å². The van der Waals surface area contributed by atoms with Crippen molar-refractivity contribution in [3.8, 4) is 0 Å². The van der Waals surface area contributed by atoms with E-state index >= 15 is 0 Å². The zero-order valence-electron chi connectivity index (χ0n) is 17.8. The molecule has 0 radical (unpaired) electrons. The number of amides is 3. The Hall–Kier alpha value is -2.45. The van der Waals surface area contributed by atoms with Crippen molar-refractivity contribution in [2.45, 2.75) is 51.6 Å². The summed E-state index contributed by atoms with van der Waals surface area (Å²) in [6.45, 7) is 6.13. The second kappa shape index (κ2) is 7.67. The van der Waals surface area contributed by atoms with E-state index in [-0.39, 0.29) is 24.3 Å². The van der Waals surface area contributed by atoms with Crippen molar-refractivity contribution in [3.05, 3.63) is 44.9 Å². The van der Waals surface area contributed by atoms with Crippen LogP contribution in [0.1, 0.15) is 58.0 Å². The number of ether oxygens (including phenoxy) is 1. The molecule has 2 unspecified atom stereocenters. The number of imide groups is 1. The molecule has 3 heterocycles. The molecular formula is C22H27N3O4S. The van der Waals surface area contributed by atoms with Gasteiger partial charge < -0.3 is 14.6 Å². The third-order valence-electron chi connectivity index (χ3n) is 6.27. The van der Waals surface area contributed by atoms with Crippen LogP contribution in [0.25, 0.3) is 0 Å². The van der Waals surface area contributed by atoms with Crippen molar-refractivity contribution in [2.75, 3.05) is 20.3 Å². The van der Waals surface area contributed by atoms with E-state index in [1.54, 1.807) is 18.4 Å². The summed E-state index contributed by atoms with van der Waals surface area (Å²) in [5.41, 5.74) is 2.18. The van der Waals surface area contributed by atoms with Crippen molar-refractivity contribution in [1.29, 1.82) is 0 Å². The fourth-order valence-electron chi connectivity index (χ4n) is 4.97. The predicted molar refractivity (Wildman–Crippen MR) is 114 cm³/mol. The first kappa shape index (κ1) is 20.8. The lowest BCUT2D eigenvalue weighted by Gasteiger charge is -2.31. The second-order valence-electron chi connectivity index (χ2n) is 8.22. The van der Waals surface area contributed by atoms with E-state index in [0.29, 0.717) is 18.6 Å². The van der Waals surface area contributed by atoms with Gasteiger partial charge in [0.25, 0.3) is 5.91 Å². The van der Waals surface area contributed by atoms with Gasteiger partial charge in [-0.2, -0.15) is 0 Å². The molecule has 7 nitrogen and oxygen atoms in total. The molecule has 1 N–H and O–H groups in total. The van der Waals surface area contributed by atoms with Crippen LogP contribution in [0.15, 0.2) is 17.5 Å². The van der Waals surface area contributed by atoms with Crippen LogP contribution in [-0.4, -0.2) is 47.4 Å². The van der Waals surface area contributed by atoms with E-state index in [4.69, 9.17) is 4.74 Å². The summed E-state index contributed by atoms with van der Waals surface area (Å²) >= 11 is 1.61. The normalized spacial score (nSPS) is 21.8. The number of hydrogen-bond acceptors (Lipinski definition) is 5. The van der Waals surface area contributed by atoms with Gasteiger partial charge in [-0.05, 0) is 57.5 Å². The molecule has 2 atom stereocenters. The molecule has 4 rings (SSSR count). The summed E-state index contributed by atoms with van der Waals surface area (Å²) in [6.07, 6.45) is 2.32. The van der Waals surface area contributed by atoms with Gasteiger partial charge >= 0.3 is 6.03 Å². The van der Waals surface area contributed by atoms with Crippen LogP contribution in [0.5, 0.6) is 0 Å². The first-order valence-corrected chi connectivity index (χ1v) is 11.1. The Bertz CT molecular complexity index is 1020. The van der Waals surface area contributed by atoms with Crippen LogP contribution in [0, 0.1) is 13.8 Å². The van der Waals surface area contributed by atoms with Gasteiger partial charge in [0, 0.05) is 34.5 Å². The monoisotopic (exact) mass is 429 g/mol. The van der Waals surface area contributed by atoms with Gasteiger partial charge in [0.05, 0.1) is 19.2 Å². The number of urea groups is 1. The van der Waals surface area contributed by atoms with Crippen molar-refractivity contribution in [1.82, 2.24) is 14.8 Å². The average molecular weight is 430 g/mol. The number of Topliss-reactive ketones (excluding diaryl/α,β-unsaturated/α-hetero) is 1. The Morgan fingerprint density at radius 3 is 2.87 bits per heavy atom. The number of carbonyl (C=O) groups is 3. The molecule has 0 bridgehead atoms. The van der Waals surface area contributed by atoms with Gasteiger partial charge in [0.15, 0.2) is 5.78 Å². The number of nitrogens with zero attached hydrogens (tertiary/aromatic N) is 2. The highest BCUT2D eigenvalue weighted by molar-refractivity contribution is 7.10. The number of aromatic nitrogens is 1. The van der Waals surface area contributed by atoms with Crippen molar-refractivity contribution < 1.29 is 19.1 Å². The Morgan fingerprint density at radius 2 is 2.13 bits per heavy atom. The van der Waals surface area contributed by atoms with Crippen LogP contribution in [0.2, 0.25) is 0 Å². The van der Waals surface area contributed by atoms with Crippen LogP contribution in [0.3, 0.4) is 0 Å². The molecule has 1 saturated heterocycles. The summed E-state index contributed by atoms with van der Waals surface area (Å²) in [4.78, 5) is 41.4.